The predicted octanol–water partition coefficient (Wildman–Crippen LogP) is 7.96. The van der Waals surface area contributed by atoms with Crippen LogP contribution in [0.1, 0.15) is 6.92 Å². The van der Waals surface area contributed by atoms with Crippen molar-refractivity contribution in [2.24, 2.45) is 0 Å². The minimum absolute atomic E-state index is 0.838. The molecule has 36 heavy (non-hydrogen) atoms. The van der Waals surface area contributed by atoms with Gasteiger partial charge in [0.05, 0.1) is 0 Å². The monoisotopic (exact) mass is 598 g/mol. The number of hydrogen-bond acceptors (Lipinski definition) is 0. The standard InChI is InChI=1S/C13H5F23/c1-2(14)4(17,18)6(21,22)8(25,26)10(29,30)12(33,34)13(35,36)11(31,32)9(27,28)7(23,24)5(19,20)3(15)16/h2-3H,1H3. The fourth-order valence-electron chi connectivity index (χ4n) is 1.99. The summed E-state index contributed by atoms with van der Waals surface area (Å²) in [6.07, 6.45) is -10.9. The summed E-state index contributed by atoms with van der Waals surface area (Å²) in [5, 5.41) is 0. The molecule has 0 bridgehead atoms. The predicted molar refractivity (Wildman–Crippen MR) is 66.0 cm³/mol. The minimum atomic E-state index is -9.31. The smallest absolute Gasteiger partial charge is 0.241 e. The Morgan fingerprint density at radius 1 is 0.306 bits per heavy atom. The van der Waals surface area contributed by atoms with Gasteiger partial charge in [-0.2, -0.15) is 87.8 Å². The van der Waals surface area contributed by atoms with Gasteiger partial charge in [0.1, 0.15) is 0 Å². The fraction of sp³-hybridized carbons (Fsp3) is 1.00. The third-order valence-corrected chi connectivity index (χ3v) is 4.37. The van der Waals surface area contributed by atoms with Crippen molar-refractivity contribution < 1.29 is 101 Å². The zero-order valence-corrected chi connectivity index (χ0v) is 15.8. The Bertz CT molecular complexity index is 722. The topological polar surface area (TPSA) is 0 Å². The Labute approximate surface area is 181 Å². The molecule has 23 heteroatoms. The molecule has 0 aliphatic carbocycles. The van der Waals surface area contributed by atoms with E-state index in [1.54, 1.807) is 0 Å². The van der Waals surface area contributed by atoms with E-state index in [1.165, 1.54) is 0 Å². The third-order valence-electron chi connectivity index (χ3n) is 4.37. The van der Waals surface area contributed by atoms with Gasteiger partial charge in [0.25, 0.3) is 0 Å². The quantitative estimate of drug-likeness (QED) is 0.212. The van der Waals surface area contributed by atoms with Crippen LogP contribution in [0.3, 0.4) is 0 Å². The van der Waals surface area contributed by atoms with Gasteiger partial charge in [-0.1, -0.05) is 0 Å². The van der Waals surface area contributed by atoms with Crippen LogP contribution >= 0.6 is 0 Å². The maximum atomic E-state index is 13.4. The molecule has 0 N–H and O–H groups in total. The Hall–Kier alpha value is -1.61. The van der Waals surface area contributed by atoms with Crippen molar-refractivity contribution in [2.75, 3.05) is 0 Å². The number of halogens is 23. The van der Waals surface area contributed by atoms with Crippen LogP contribution in [0.15, 0.2) is 0 Å². The Kier molecular flexibility index (Phi) is 8.07. The molecule has 0 saturated heterocycles. The highest BCUT2D eigenvalue weighted by molar-refractivity contribution is 5.18. The van der Waals surface area contributed by atoms with Gasteiger partial charge in [-0.25, -0.2) is 13.2 Å². The van der Waals surface area contributed by atoms with E-state index in [0.717, 1.165) is 0 Å². The first-order chi connectivity index (χ1) is 15.1. The van der Waals surface area contributed by atoms with Crippen molar-refractivity contribution in [3.8, 4) is 0 Å². The van der Waals surface area contributed by atoms with E-state index in [2.05, 4.69) is 0 Å². The van der Waals surface area contributed by atoms with Crippen molar-refractivity contribution >= 4 is 0 Å². The highest BCUT2D eigenvalue weighted by atomic mass is 19.4. The molecule has 0 fully saturated rings. The number of rotatable bonds is 11. The van der Waals surface area contributed by atoms with Gasteiger partial charge in [0.15, 0.2) is 6.17 Å². The van der Waals surface area contributed by atoms with Crippen LogP contribution in [-0.4, -0.2) is 71.8 Å². The summed E-state index contributed by atoms with van der Waals surface area (Å²) in [6, 6.07) is 0. The van der Waals surface area contributed by atoms with Crippen LogP contribution in [0.5, 0.6) is 0 Å². The van der Waals surface area contributed by atoms with Gasteiger partial charge in [-0.15, -0.1) is 0 Å². The molecule has 0 aromatic rings. The molecule has 0 aromatic carbocycles. The average molecular weight is 598 g/mol. The van der Waals surface area contributed by atoms with E-state index in [-0.39, 0.29) is 0 Å². The maximum absolute atomic E-state index is 13.4. The van der Waals surface area contributed by atoms with E-state index < -0.39 is 78.7 Å². The van der Waals surface area contributed by atoms with Crippen molar-refractivity contribution in [1.82, 2.24) is 0 Å². The Morgan fingerprint density at radius 3 is 0.639 bits per heavy atom. The molecule has 0 aliphatic heterocycles. The lowest BCUT2D eigenvalue weighted by atomic mass is 9.85. The molecule has 0 nitrogen and oxygen atoms in total. The average Bonchev–Trinajstić information content (AvgIpc) is 2.65. The summed E-state index contributed by atoms with van der Waals surface area (Å²) in [4.78, 5) is 0. The second-order valence-electron chi connectivity index (χ2n) is 6.76. The zero-order valence-electron chi connectivity index (χ0n) is 15.8. The van der Waals surface area contributed by atoms with Crippen molar-refractivity contribution in [2.45, 2.75) is 78.7 Å². The summed E-state index contributed by atoms with van der Waals surface area (Å²) in [6.45, 7) is -0.838. The molecule has 0 radical (unpaired) electrons. The van der Waals surface area contributed by atoms with Crippen LogP contribution in [0.4, 0.5) is 101 Å². The maximum Gasteiger partial charge on any atom is 0.385 e. The van der Waals surface area contributed by atoms with Gasteiger partial charge >= 0.3 is 65.7 Å². The van der Waals surface area contributed by atoms with Crippen LogP contribution < -0.4 is 0 Å². The highest BCUT2D eigenvalue weighted by Gasteiger charge is 2.98. The van der Waals surface area contributed by atoms with Crippen molar-refractivity contribution in [1.29, 1.82) is 0 Å². The highest BCUT2D eigenvalue weighted by Crippen LogP contribution is 2.66. The Morgan fingerprint density at radius 2 is 0.472 bits per heavy atom. The lowest BCUT2D eigenvalue weighted by Gasteiger charge is -2.45. The normalized spacial score (nSPS) is 17.6. The van der Waals surface area contributed by atoms with Crippen LogP contribution in [-0.2, 0) is 0 Å². The molecule has 0 amide bonds. The van der Waals surface area contributed by atoms with Crippen LogP contribution in [0, 0.1) is 0 Å². The van der Waals surface area contributed by atoms with E-state index >= 15 is 0 Å². The SMILES string of the molecule is CC(F)C(F)(F)C(F)(F)C(F)(F)C(F)(F)C(F)(F)C(F)(F)C(F)(F)C(F)(F)C(F)(F)C(F)(F)C(F)F. The first-order valence-corrected chi connectivity index (χ1v) is 7.84. The molecule has 0 aromatic heterocycles. The Balaban J connectivity index is 7.16. The molecular formula is C13H5F23. The van der Waals surface area contributed by atoms with E-state index in [9.17, 15) is 101 Å². The van der Waals surface area contributed by atoms with E-state index in [1.807, 2.05) is 0 Å². The molecule has 0 rings (SSSR count). The molecule has 1 unspecified atom stereocenters. The lowest BCUT2D eigenvalue weighted by Crippen LogP contribution is -2.77. The minimum Gasteiger partial charge on any atom is -0.241 e. The summed E-state index contributed by atoms with van der Waals surface area (Å²) in [5.74, 6) is -86.7. The molecule has 0 saturated carbocycles. The van der Waals surface area contributed by atoms with Crippen molar-refractivity contribution in [3.05, 3.63) is 0 Å². The molecule has 0 heterocycles. The van der Waals surface area contributed by atoms with Crippen LogP contribution in [0.2, 0.25) is 0 Å². The fourth-order valence-corrected chi connectivity index (χ4v) is 1.99. The number of alkyl halides is 23. The number of hydrogen-bond donors (Lipinski definition) is 0. The summed E-state index contributed by atoms with van der Waals surface area (Å²) < 4.78 is 300. The first kappa shape index (κ1) is 34.4. The van der Waals surface area contributed by atoms with Gasteiger partial charge in [0.2, 0.25) is 0 Å². The van der Waals surface area contributed by atoms with Crippen LogP contribution in [0.25, 0.3) is 0 Å². The van der Waals surface area contributed by atoms with Gasteiger partial charge in [0, 0.05) is 0 Å². The summed E-state index contributed by atoms with van der Waals surface area (Å²) >= 11 is 0. The van der Waals surface area contributed by atoms with E-state index in [4.69, 9.17) is 0 Å². The molecule has 218 valence electrons. The summed E-state index contributed by atoms with van der Waals surface area (Å²) in [5.41, 5.74) is 0. The second-order valence-corrected chi connectivity index (χ2v) is 6.76. The molecular weight excluding hydrogens is 593 g/mol. The van der Waals surface area contributed by atoms with Gasteiger partial charge < -0.3 is 0 Å². The molecule has 1 atom stereocenters. The first-order valence-electron chi connectivity index (χ1n) is 7.84. The largest absolute Gasteiger partial charge is 0.385 e. The third kappa shape index (κ3) is 3.82. The van der Waals surface area contributed by atoms with Crippen molar-refractivity contribution in [3.63, 3.8) is 0 Å². The second kappa shape index (κ2) is 8.45. The zero-order chi connectivity index (χ0) is 30.2. The molecule has 0 aliphatic rings. The lowest BCUT2D eigenvalue weighted by molar-refractivity contribution is -0.472. The molecule has 0 spiro atoms. The van der Waals surface area contributed by atoms with Gasteiger partial charge in [-0.3, -0.25) is 0 Å². The van der Waals surface area contributed by atoms with E-state index in [0.29, 0.717) is 0 Å². The van der Waals surface area contributed by atoms with Gasteiger partial charge in [-0.05, 0) is 6.92 Å². The summed E-state index contributed by atoms with van der Waals surface area (Å²) in [7, 11) is 0.